The van der Waals surface area contributed by atoms with Crippen LogP contribution in [0.2, 0.25) is 0 Å². The van der Waals surface area contributed by atoms with Crippen molar-refractivity contribution in [3.8, 4) is 0 Å². The van der Waals surface area contributed by atoms with E-state index < -0.39 is 0 Å². The third kappa shape index (κ3) is 2.40. The van der Waals surface area contributed by atoms with E-state index in [0.717, 1.165) is 16.5 Å². The number of aromatic amines is 1. The van der Waals surface area contributed by atoms with Gasteiger partial charge in [-0.15, -0.1) is 0 Å². The SMILES string of the molecule is Cc1ccc2[nH]c(C(=O)NCC(C)C)c(C)c2c1. The molecule has 2 aromatic rings. The predicted octanol–water partition coefficient (Wildman–Crippen LogP) is 3.17. The highest BCUT2D eigenvalue weighted by atomic mass is 16.1. The number of hydrogen-bond donors (Lipinski definition) is 2. The standard InChI is InChI=1S/C15H20N2O/c1-9(2)8-16-15(18)14-11(4)12-7-10(3)5-6-13(12)17-14/h5-7,9,17H,8H2,1-4H3,(H,16,18). The lowest BCUT2D eigenvalue weighted by Gasteiger charge is -2.06. The molecule has 0 aliphatic heterocycles. The Morgan fingerprint density at radius 1 is 1.33 bits per heavy atom. The normalized spacial score (nSPS) is 11.2. The number of hydrogen-bond acceptors (Lipinski definition) is 1. The van der Waals surface area contributed by atoms with Crippen LogP contribution in [0.4, 0.5) is 0 Å². The minimum Gasteiger partial charge on any atom is -0.351 e. The fourth-order valence-electron chi connectivity index (χ4n) is 2.05. The van der Waals surface area contributed by atoms with Crippen LogP contribution in [0.1, 0.15) is 35.5 Å². The van der Waals surface area contributed by atoms with Crippen molar-refractivity contribution in [2.24, 2.45) is 5.92 Å². The van der Waals surface area contributed by atoms with E-state index in [-0.39, 0.29) is 5.91 Å². The third-order valence-corrected chi connectivity index (χ3v) is 3.11. The molecule has 0 unspecified atom stereocenters. The van der Waals surface area contributed by atoms with Gasteiger partial charge in [0.05, 0.1) is 0 Å². The maximum absolute atomic E-state index is 12.1. The molecule has 2 N–H and O–H groups in total. The van der Waals surface area contributed by atoms with Crippen molar-refractivity contribution < 1.29 is 4.79 Å². The summed E-state index contributed by atoms with van der Waals surface area (Å²) >= 11 is 0. The zero-order chi connectivity index (χ0) is 13.3. The molecule has 0 aliphatic rings. The van der Waals surface area contributed by atoms with Crippen LogP contribution in [0.15, 0.2) is 18.2 Å². The van der Waals surface area contributed by atoms with Gasteiger partial charge in [-0.05, 0) is 37.5 Å². The number of carbonyl (C=O) groups excluding carboxylic acids is 1. The van der Waals surface area contributed by atoms with Crippen molar-refractivity contribution in [2.75, 3.05) is 6.54 Å². The second-order valence-electron chi connectivity index (χ2n) is 5.28. The van der Waals surface area contributed by atoms with Crippen LogP contribution in [-0.4, -0.2) is 17.4 Å². The summed E-state index contributed by atoms with van der Waals surface area (Å²) in [5.41, 5.74) is 3.93. The first-order valence-electron chi connectivity index (χ1n) is 6.36. The topological polar surface area (TPSA) is 44.9 Å². The number of rotatable bonds is 3. The fourth-order valence-corrected chi connectivity index (χ4v) is 2.05. The van der Waals surface area contributed by atoms with Crippen molar-refractivity contribution in [2.45, 2.75) is 27.7 Å². The first-order valence-corrected chi connectivity index (χ1v) is 6.36. The average molecular weight is 244 g/mol. The molecule has 1 aromatic heterocycles. The zero-order valence-electron chi connectivity index (χ0n) is 11.4. The van der Waals surface area contributed by atoms with Crippen LogP contribution in [0.3, 0.4) is 0 Å². The van der Waals surface area contributed by atoms with Gasteiger partial charge in [-0.3, -0.25) is 4.79 Å². The van der Waals surface area contributed by atoms with E-state index >= 15 is 0 Å². The first kappa shape index (κ1) is 12.7. The van der Waals surface area contributed by atoms with E-state index in [9.17, 15) is 4.79 Å². The molecular weight excluding hydrogens is 224 g/mol. The molecule has 18 heavy (non-hydrogen) atoms. The van der Waals surface area contributed by atoms with Gasteiger partial charge in [-0.1, -0.05) is 25.5 Å². The number of benzene rings is 1. The Bertz CT molecular complexity index is 581. The molecule has 3 heteroatoms. The van der Waals surface area contributed by atoms with Gasteiger partial charge in [0.25, 0.3) is 5.91 Å². The van der Waals surface area contributed by atoms with E-state index in [2.05, 4.69) is 37.1 Å². The van der Waals surface area contributed by atoms with Gasteiger partial charge >= 0.3 is 0 Å². The molecule has 2 rings (SSSR count). The smallest absolute Gasteiger partial charge is 0.268 e. The molecule has 0 atom stereocenters. The maximum Gasteiger partial charge on any atom is 0.268 e. The zero-order valence-corrected chi connectivity index (χ0v) is 11.4. The molecule has 0 spiro atoms. The van der Waals surface area contributed by atoms with Gasteiger partial charge in [0.2, 0.25) is 0 Å². The molecular formula is C15H20N2O. The van der Waals surface area contributed by atoms with E-state index in [4.69, 9.17) is 0 Å². The van der Waals surface area contributed by atoms with Gasteiger partial charge in [0.15, 0.2) is 0 Å². The molecule has 3 nitrogen and oxygen atoms in total. The second kappa shape index (κ2) is 4.84. The van der Waals surface area contributed by atoms with Gasteiger partial charge in [-0.25, -0.2) is 0 Å². The largest absolute Gasteiger partial charge is 0.351 e. The van der Waals surface area contributed by atoms with Crippen LogP contribution in [-0.2, 0) is 0 Å². The number of nitrogens with one attached hydrogen (secondary N) is 2. The second-order valence-corrected chi connectivity index (χ2v) is 5.28. The molecule has 0 fully saturated rings. The molecule has 0 aliphatic carbocycles. The first-order chi connectivity index (χ1) is 8.49. The maximum atomic E-state index is 12.1. The predicted molar refractivity (Wildman–Crippen MR) is 74.9 cm³/mol. The summed E-state index contributed by atoms with van der Waals surface area (Å²) < 4.78 is 0. The Kier molecular flexibility index (Phi) is 3.41. The molecule has 96 valence electrons. The van der Waals surface area contributed by atoms with Crippen molar-refractivity contribution in [3.63, 3.8) is 0 Å². The number of aryl methyl sites for hydroxylation is 2. The van der Waals surface area contributed by atoms with Crippen molar-refractivity contribution in [1.29, 1.82) is 0 Å². The Morgan fingerprint density at radius 3 is 2.72 bits per heavy atom. The highest BCUT2D eigenvalue weighted by Crippen LogP contribution is 2.22. The molecule has 0 saturated carbocycles. The fraction of sp³-hybridized carbons (Fsp3) is 0.400. The van der Waals surface area contributed by atoms with Crippen LogP contribution in [0.5, 0.6) is 0 Å². The summed E-state index contributed by atoms with van der Waals surface area (Å²) in [6.45, 7) is 8.92. The monoisotopic (exact) mass is 244 g/mol. The third-order valence-electron chi connectivity index (χ3n) is 3.11. The van der Waals surface area contributed by atoms with Crippen LogP contribution in [0, 0.1) is 19.8 Å². The van der Waals surface area contributed by atoms with E-state index in [1.54, 1.807) is 0 Å². The minimum absolute atomic E-state index is 0.0185. The molecule has 0 bridgehead atoms. The van der Waals surface area contributed by atoms with Crippen LogP contribution >= 0.6 is 0 Å². The number of aromatic nitrogens is 1. The number of H-pyrrole nitrogens is 1. The van der Waals surface area contributed by atoms with E-state index in [1.807, 2.05) is 19.1 Å². The minimum atomic E-state index is -0.0185. The Morgan fingerprint density at radius 2 is 2.06 bits per heavy atom. The van der Waals surface area contributed by atoms with Gasteiger partial charge in [0, 0.05) is 17.4 Å². The van der Waals surface area contributed by atoms with Crippen molar-refractivity contribution >= 4 is 16.8 Å². The Balaban J connectivity index is 2.34. The average Bonchev–Trinajstić information content (AvgIpc) is 2.64. The van der Waals surface area contributed by atoms with Crippen LogP contribution in [0.25, 0.3) is 10.9 Å². The summed E-state index contributed by atoms with van der Waals surface area (Å²) in [6, 6.07) is 6.19. The van der Waals surface area contributed by atoms with Crippen LogP contribution < -0.4 is 5.32 Å². The Labute approximate surface area is 108 Å². The molecule has 0 saturated heterocycles. The summed E-state index contributed by atoms with van der Waals surface area (Å²) in [7, 11) is 0. The number of carbonyl (C=O) groups is 1. The number of fused-ring (bicyclic) bond motifs is 1. The quantitative estimate of drug-likeness (QED) is 0.855. The summed E-state index contributed by atoms with van der Waals surface area (Å²) in [5.74, 6) is 0.441. The Hall–Kier alpha value is -1.77. The van der Waals surface area contributed by atoms with Gasteiger partial charge < -0.3 is 10.3 Å². The van der Waals surface area contributed by atoms with Gasteiger partial charge in [0.1, 0.15) is 5.69 Å². The molecule has 1 amide bonds. The lowest BCUT2D eigenvalue weighted by Crippen LogP contribution is -2.28. The molecule has 0 radical (unpaired) electrons. The van der Waals surface area contributed by atoms with E-state index in [0.29, 0.717) is 18.2 Å². The number of amides is 1. The lowest BCUT2D eigenvalue weighted by molar-refractivity contribution is 0.0944. The van der Waals surface area contributed by atoms with E-state index in [1.165, 1.54) is 5.56 Å². The van der Waals surface area contributed by atoms with Crippen molar-refractivity contribution in [3.05, 3.63) is 35.0 Å². The summed E-state index contributed by atoms with van der Waals surface area (Å²) in [6.07, 6.45) is 0. The summed E-state index contributed by atoms with van der Waals surface area (Å²) in [4.78, 5) is 15.3. The molecule has 1 aromatic carbocycles. The lowest BCUT2D eigenvalue weighted by atomic mass is 10.1. The molecule has 1 heterocycles. The van der Waals surface area contributed by atoms with Crippen molar-refractivity contribution in [1.82, 2.24) is 10.3 Å². The highest BCUT2D eigenvalue weighted by molar-refractivity contribution is 6.01. The highest BCUT2D eigenvalue weighted by Gasteiger charge is 2.14. The van der Waals surface area contributed by atoms with Gasteiger partial charge in [-0.2, -0.15) is 0 Å². The summed E-state index contributed by atoms with van der Waals surface area (Å²) in [5, 5.41) is 4.07.